The number of amides is 4. The number of fused-ring (bicyclic) bond motifs is 5. The first-order chi connectivity index (χ1) is 20.4. The molecule has 3 saturated carbocycles. The fourth-order valence-corrected chi connectivity index (χ4v) is 8.68. The lowest BCUT2D eigenvalue weighted by Crippen LogP contribution is -2.60. The van der Waals surface area contributed by atoms with E-state index in [1.165, 1.54) is 23.1 Å². The summed E-state index contributed by atoms with van der Waals surface area (Å²) in [5.74, 6) is -1.90. The molecule has 13 heteroatoms. The number of nitriles is 1. The molecule has 3 aliphatic heterocycles. The number of carbonyl (C=O) groups is 4. The third-order valence-corrected chi connectivity index (χ3v) is 10.9. The number of alkyl carbamates (subject to hydrolysis) is 1. The van der Waals surface area contributed by atoms with Crippen LogP contribution >= 0.6 is 0 Å². The van der Waals surface area contributed by atoms with Crippen molar-refractivity contribution in [2.75, 3.05) is 25.5 Å². The first-order valence-electron chi connectivity index (χ1n) is 14.5. The summed E-state index contributed by atoms with van der Waals surface area (Å²) in [5.41, 5.74) is -3.78. The van der Waals surface area contributed by atoms with Crippen molar-refractivity contribution in [3.63, 3.8) is 0 Å². The summed E-state index contributed by atoms with van der Waals surface area (Å²) in [7, 11) is 1.19. The number of aromatic nitrogens is 1. The van der Waals surface area contributed by atoms with E-state index in [1.807, 2.05) is 0 Å². The molecule has 4 heterocycles. The molecule has 0 bridgehead atoms. The maximum atomic E-state index is 15.5. The number of methoxy groups -OCH3 is 1. The molecular formula is C30H33FN6O6. The van der Waals surface area contributed by atoms with Crippen LogP contribution in [0.2, 0.25) is 0 Å². The minimum Gasteiger partial charge on any atom is -0.472 e. The Morgan fingerprint density at radius 2 is 2.09 bits per heavy atom. The molecule has 0 aromatic carbocycles. The number of hydrogen-bond donors (Lipinski definition) is 2. The van der Waals surface area contributed by atoms with Crippen LogP contribution in [-0.4, -0.2) is 88.2 Å². The van der Waals surface area contributed by atoms with Crippen LogP contribution in [0.25, 0.3) is 0 Å². The standard InChI is InChI=1S/C30H33FN6O6/c1-5-28(2,3)22(34-27(41)42-4)25(39)36-12-16-15-10-30(31)19(15)20(30)18(16)21(36)24(38)37-13-29(9-14(37)11-32)26(40)35-23-17(43-29)7-6-8-33-23/h5-8,14-16,18-22H,1,9-10,12-13H2,2-4H3,(H,34,41)(H,33,35,40)/t14-,15-,16+,18+,19?,20+,21-,22+,29+,30+/m0/s1. The summed E-state index contributed by atoms with van der Waals surface area (Å²) >= 11 is 0. The summed E-state index contributed by atoms with van der Waals surface area (Å²) in [4.78, 5) is 61.4. The Hall–Kier alpha value is -4.21. The second-order valence-electron chi connectivity index (χ2n) is 13.3. The monoisotopic (exact) mass is 592 g/mol. The lowest BCUT2D eigenvalue weighted by Gasteiger charge is -2.38. The van der Waals surface area contributed by atoms with Crippen LogP contribution in [0.5, 0.6) is 5.75 Å². The van der Waals surface area contributed by atoms with Crippen molar-refractivity contribution < 1.29 is 33.0 Å². The van der Waals surface area contributed by atoms with Crippen molar-refractivity contribution in [3.8, 4) is 11.8 Å². The fraction of sp³-hybridized carbons (Fsp3) is 0.600. The number of nitrogens with one attached hydrogen (secondary N) is 2. The third-order valence-electron chi connectivity index (χ3n) is 10.9. The molecule has 10 atom stereocenters. The molecular weight excluding hydrogens is 559 g/mol. The maximum absolute atomic E-state index is 15.5. The van der Waals surface area contributed by atoms with E-state index in [0.717, 1.165) is 0 Å². The number of rotatable bonds is 5. The predicted octanol–water partition coefficient (Wildman–Crippen LogP) is 1.64. The molecule has 1 aromatic heterocycles. The Labute approximate surface area is 247 Å². The average molecular weight is 593 g/mol. The van der Waals surface area contributed by atoms with Gasteiger partial charge in [0.05, 0.1) is 19.7 Å². The van der Waals surface area contributed by atoms with E-state index < -0.39 is 64.5 Å². The molecule has 1 spiro atoms. The van der Waals surface area contributed by atoms with E-state index >= 15 is 4.39 Å². The van der Waals surface area contributed by atoms with Gasteiger partial charge in [0.25, 0.3) is 5.91 Å². The Balaban J connectivity index is 1.23. The Bertz CT molecular complexity index is 1510. The zero-order chi connectivity index (χ0) is 30.6. The molecule has 1 aromatic rings. The molecule has 3 aliphatic carbocycles. The van der Waals surface area contributed by atoms with Crippen molar-refractivity contribution in [1.29, 1.82) is 5.26 Å². The van der Waals surface area contributed by atoms with Crippen molar-refractivity contribution in [1.82, 2.24) is 20.1 Å². The minimum absolute atomic E-state index is 0.0701. The Morgan fingerprint density at radius 3 is 2.79 bits per heavy atom. The molecule has 2 saturated heterocycles. The zero-order valence-corrected chi connectivity index (χ0v) is 24.1. The summed E-state index contributed by atoms with van der Waals surface area (Å²) < 4.78 is 26.4. The van der Waals surface area contributed by atoms with Gasteiger partial charge in [0.15, 0.2) is 11.6 Å². The third kappa shape index (κ3) is 3.61. The van der Waals surface area contributed by atoms with Crippen LogP contribution in [-0.2, 0) is 19.1 Å². The van der Waals surface area contributed by atoms with E-state index in [-0.39, 0.29) is 49.0 Å². The Morgan fingerprint density at radius 1 is 1.33 bits per heavy atom. The van der Waals surface area contributed by atoms with Gasteiger partial charge in [-0.05, 0) is 36.3 Å². The molecule has 5 fully saturated rings. The zero-order valence-electron chi connectivity index (χ0n) is 24.1. The van der Waals surface area contributed by atoms with E-state index in [9.17, 15) is 24.4 Å². The highest BCUT2D eigenvalue weighted by Gasteiger charge is 2.87. The predicted molar refractivity (Wildman–Crippen MR) is 147 cm³/mol. The number of carbonyl (C=O) groups excluding carboxylic acids is 4. The van der Waals surface area contributed by atoms with Crippen molar-refractivity contribution in [2.45, 2.75) is 56.1 Å². The van der Waals surface area contributed by atoms with Gasteiger partial charge in [-0.15, -0.1) is 6.58 Å². The average Bonchev–Trinajstić information content (AvgIpc) is 3.41. The highest BCUT2D eigenvalue weighted by atomic mass is 19.1. The molecule has 2 N–H and O–H groups in total. The van der Waals surface area contributed by atoms with Gasteiger partial charge in [0, 0.05) is 36.4 Å². The van der Waals surface area contributed by atoms with Crippen LogP contribution in [0, 0.1) is 46.3 Å². The van der Waals surface area contributed by atoms with Crippen molar-refractivity contribution in [3.05, 3.63) is 31.0 Å². The van der Waals surface area contributed by atoms with Gasteiger partial charge in [0.2, 0.25) is 17.4 Å². The first-order valence-corrected chi connectivity index (χ1v) is 14.5. The quantitative estimate of drug-likeness (QED) is 0.490. The molecule has 7 rings (SSSR count). The summed E-state index contributed by atoms with van der Waals surface area (Å²) in [5, 5.41) is 15.5. The van der Waals surface area contributed by atoms with Crippen LogP contribution in [0.1, 0.15) is 26.7 Å². The van der Waals surface area contributed by atoms with Gasteiger partial charge < -0.3 is 29.9 Å². The molecule has 4 amide bonds. The largest absolute Gasteiger partial charge is 0.472 e. The first kappa shape index (κ1) is 27.6. The second-order valence-corrected chi connectivity index (χ2v) is 13.3. The van der Waals surface area contributed by atoms with E-state index in [2.05, 4.69) is 28.3 Å². The van der Waals surface area contributed by atoms with Crippen LogP contribution < -0.4 is 15.4 Å². The SMILES string of the molecule is C=CC(C)(C)[C@H](NC(=O)OC)C(=O)N1C[C@H]2[C@@H]([C@H]1C(=O)N1C[C@@]3(C[C@H]1C#N)Oc1cccnc1NC3=O)[C@@H]1C3[C@H]2C[C@@]31F. The number of alkyl halides is 1. The number of hydrogen-bond acceptors (Lipinski definition) is 8. The summed E-state index contributed by atoms with van der Waals surface area (Å²) in [6.07, 6.45) is 2.58. The maximum Gasteiger partial charge on any atom is 0.407 e. The van der Waals surface area contributed by atoms with E-state index in [4.69, 9.17) is 9.47 Å². The smallest absolute Gasteiger partial charge is 0.407 e. The molecule has 12 nitrogen and oxygen atoms in total. The van der Waals surface area contributed by atoms with Gasteiger partial charge in [-0.1, -0.05) is 19.9 Å². The summed E-state index contributed by atoms with van der Waals surface area (Å²) in [6, 6.07) is 2.23. The molecule has 0 radical (unpaired) electrons. The van der Waals surface area contributed by atoms with Gasteiger partial charge in [-0.25, -0.2) is 14.2 Å². The van der Waals surface area contributed by atoms with Gasteiger partial charge in [-0.2, -0.15) is 5.26 Å². The molecule has 1 unspecified atom stereocenters. The number of likely N-dealkylation sites (tertiary alicyclic amines) is 2. The number of anilines is 1. The summed E-state index contributed by atoms with van der Waals surface area (Å²) in [6.45, 7) is 7.30. The van der Waals surface area contributed by atoms with Gasteiger partial charge in [-0.3, -0.25) is 14.4 Å². The van der Waals surface area contributed by atoms with Crippen molar-refractivity contribution >= 4 is 29.6 Å². The minimum atomic E-state index is -1.53. The highest BCUT2D eigenvalue weighted by Crippen LogP contribution is 2.82. The highest BCUT2D eigenvalue weighted by molar-refractivity contribution is 6.01. The molecule has 6 aliphatic rings. The Kier molecular flexibility index (Phi) is 5.72. The van der Waals surface area contributed by atoms with E-state index in [1.54, 1.807) is 32.1 Å². The number of halogens is 1. The topological polar surface area (TPSA) is 154 Å². The van der Waals surface area contributed by atoms with E-state index in [0.29, 0.717) is 12.2 Å². The number of nitrogens with zero attached hydrogens (tertiary/aromatic N) is 4. The van der Waals surface area contributed by atoms with Gasteiger partial charge in [0.1, 0.15) is 23.8 Å². The number of ether oxygens (including phenoxy) is 2. The van der Waals surface area contributed by atoms with Crippen LogP contribution in [0.15, 0.2) is 31.0 Å². The molecule has 43 heavy (non-hydrogen) atoms. The second kappa shape index (κ2) is 8.90. The van der Waals surface area contributed by atoms with Crippen LogP contribution in [0.3, 0.4) is 0 Å². The van der Waals surface area contributed by atoms with Crippen molar-refractivity contribution in [2.24, 2.45) is 35.0 Å². The van der Waals surface area contributed by atoms with Gasteiger partial charge >= 0.3 is 6.09 Å². The lowest BCUT2D eigenvalue weighted by molar-refractivity contribution is -0.148. The number of pyridine rings is 1. The van der Waals surface area contributed by atoms with Crippen LogP contribution in [0.4, 0.5) is 15.0 Å². The lowest BCUT2D eigenvalue weighted by atomic mass is 9.69. The fourth-order valence-electron chi connectivity index (χ4n) is 8.68. The molecule has 226 valence electrons. The normalized spacial score (nSPS) is 38.4.